The second-order valence-corrected chi connectivity index (χ2v) is 5.76. The lowest BCUT2D eigenvalue weighted by atomic mass is 10.1. The summed E-state index contributed by atoms with van der Waals surface area (Å²) >= 11 is 13.7. The van der Waals surface area contributed by atoms with Crippen molar-refractivity contribution >= 4 is 40.4 Å². The van der Waals surface area contributed by atoms with Gasteiger partial charge in [0.2, 0.25) is 5.91 Å². The Morgan fingerprint density at radius 2 is 2.11 bits per heavy atom. The summed E-state index contributed by atoms with van der Waals surface area (Å²) < 4.78 is 0. The average Bonchev–Trinajstić information content (AvgIpc) is 2.87. The number of carbonyl (C=O) groups excluding carboxylic acids is 1. The van der Waals surface area contributed by atoms with Gasteiger partial charge < -0.3 is 5.73 Å². The molecule has 0 saturated heterocycles. The molecule has 1 unspecified atom stereocenters. The van der Waals surface area contributed by atoms with Gasteiger partial charge in [-0.25, -0.2) is 0 Å². The van der Waals surface area contributed by atoms with Crippen molar-refractivity contribution in [3.05, 3.63) is 56.2 Å². The maximum absolute atomic E-state index is 11.6. The van der Waals surface area contributed by atoms with E-state index < -0.39 is 11.9 Å². The molecule has 1 aromatic carbocycles. The van der Waals surface area contributed by atoms with Crippen molar-refractivity contribution in [2.75, 3.05) is 0 Å². The lowest BCUT2D eigenvalue weighted by molar-refractivity contribution is -0.120. The minimum Gasteiger partial charge on any atom is -0.368 e. The number of benzene rings is 1. The summed E-state index contributed by atoms with van der Waals surface area (Å²) in [6.07, 6.45) is 0. The third-order valence-electron chi connectivity index (χ3n) is 2.64. The molecule has 6 heteroatoms. The normalized spacial score (nSPS) is 12.3. The molecule has 0 fully saturated rings. The Labute approximate surface area is 125 Å². The van der Waals surface area contributed by atoms with Gasteiger partial charge in [0.1, 0.15) is 6.04 Å². The summed E-state index contributed by atoms with van der Waals surface area (Å²) in [6, 6.07) is 8.43. The van der Waals surface area contributed by atoms with Crippen molar-refractivity contribution in [1.82, 2.24) is 5.32 Å². The number of primary amides is 1. The monoisotopic (exact) mass is 314 g/mol. The largest absolute Gasteiger partial charge is 0.368 e. The van der Waals surface area contributed by atoms with Crippen molar-refractivity contribution in [3.8, 4) is 0 Å². The standard InChI is InChI=1S/C13H12Cl2N2OS/c14-10-5-1-4-9(11(10)15)12(13(16)18)17-7-8-3-2-6-19-8/h1-6,12,17H,7H2,(H2,16,18). The van der Waals surface area contributed by atoms with Crippen molar-refractivity contribution in [1.29, 1.82) is 0 Å². The van der Waals surface area contributed by atoms with E-state index >= 15 is 0 Å². The van der Waals surface area contributed by atoms with Gasteiger partial charge in [-0.15, -0.1) is 11.3 Å². The summed E-state index contributed by atoms with van der Waals surface area (Å²) in [6.45, 7) is 0.550. The van der Waals surface area contributed by atoms with Crippen LogP contribution in [0.1, 0.15) is 16.5 Å². The molecule has 0 aliphatic heterocycles. The molecule has 1 atom stereocenters. The van der Waals surface area contributed by atoms with E-state index in [4.69, 9.17) is 28.9 Å². The first-order chi connectivity index (χ1) is 9.09. The van der Waals surface area contributed by atoms with Gasteiger partial charge in [0.05, 0.1) is 10.0 Å². The zero-order valence-electron chi connectivity index (χ0n) is 9.90. The number of hydrogen-bond acceptors (Lipinski definition) is 3. The molecule has 0 radical (unpaired) electrons. The van der Waals surface area contributed by atoms with Crippen LogP contribution in [0.5, 0.6) is 0 Å². The second-order valence-electron chi connectivity index (χ2n) is 3.94. The van der Waals surface area contributed by atoms with E-state index in [1.54, 1.807) is 29.5 Å². The van der Waals surface area contributed by atoms with Gasteiger partial charge >= 0.3 is 0 Å². The Kier molecular flexibility index (Phi) is 4.82. The molecule has 100 valence electrons. The molecule has 3 N–H and O–H groups in total. The Hall–Kier alpha value is -1.07. The van der Waals surface area contributed by atoms with E-state index in [2.05, 4.69) is 5.32 Å². The van der Waals surface area contributed by atoms with Crippen molar-refractivity contribution in [2.24, 2.45) is 5.73 Å². The third-order valence-corrected chi connectivity index (χ3v) is 4.35. The summed E-state index contributed by atoms with van der Waals surface area (Å²) in [7, 11) is 0. The smallest absolute Gasteiger partial charge is 0.239 e. The highest BCUT2D eigenvalue weighted by Crippen LogP contribution is 2.30. The highest BCUT2D eigenvalue weighted by molar-refractivity contribution is 7.09. The molecule has 2 rings (SSSR count). The van der Waals surface area contributed by atoms with E-state index in [9.17, 15) is 4.79 Å². The van der Waals surface area contributed by atoms with Crippen LogP contribution in [-0.4, -0.2) is 5.91 Å². The van der Waals surface area contributed by atoms with Crippen molar-refractivity contribution in [2.45, 2.75) is 12.6 Å². The Bertz CT molecular complexity index is 572. The van der Waals surface area contributed by atoms with Crippen LogP contribution in [0.15, 0.2) is 35.7 Å². The number of amides is 1. The van der Waals surface area contributed by atoms with E-state index in [1.165, 1.54) is 0 Å². The molecule has 1 aromatic heterocycles. The van der Waals surface area contributed by atoms with Crippen LogP contribution in [0.3, 0.4) is 0 Å². The third kappa shape index (κ3) is 3.48. The number of halogens is 2. The lowest BCUT2D eigenvalue weighted by Gasteiger charge is -2.17. The van der Waals surface area contributed by atoms with Gasteiger partial charge in [0.15, 0.2) is 0 Å². The molecule has 1 amide bonds. The molecule has 2 aromatic rings. The Balaban J connectivity index is 2.20. The van der Waals surface area contributed by atoms with Crippen LogP contribution >= 0.6 is 34.5 Å². The number of nitrogens with one attached hydrogen (secondary N) is 1. The minimum atomic E-state index is -0.659. The molecular formula is C13H12Cl2N2OS. The van der Waals surface area contributed by atoms with Gasteiger partial charge in [-0.1, -0.05) is 41.4 Å². The first-order valence-corrected chi connectivity index (χ1v) is 7.22. The molecule has 19 heavy (non-hydrogen) atoms. The van der Waals surface area contributed by atoms with Crippen LogP contribution in [-0.2, 0) is 11.3 Å². The first kappa shape index (κ1) is 14.3. The van der Waals surface area contributed by atoms with Crippen molar-refractivity contribution < 1.29 is 4.79 Å². The molecule has 0 aliphatic rings. The van der Waals surface area contributed by atoms with Crippen LogP contribution in [0, 0.1) is 0 Å². The van der Waals surface area contributed by atoms with Crippen LogP contribution in [0.2, 0.25) is 10.0 Å². The number of thiophene rings is 1. The van der Waals surface area contributed by atoms with Gasteiger partial charge in [-0.3, -0.25) is 10.1 Å². The van der Waals surface area contributed by atoms with E-state index in [1.807, 2.05) is 17.5 Å². The predicted molar refractivity (Wildman–Crippen MR) is 79.6 cm³/mol. The fourth-order valence-corrected chi connectivity index (χ4v) is 2.80. The van der Waals surface area contributed by atoms with Crippen molar-refractivity contribution in [3.63, 3.8) is 0 Å². The minimum absolute atomic E-state index is 0.353. The fourth-order valence-electron chi connectivity index (χ4n) is 1.72. The number of nitrogens with two attached hydrogens (primary N) is 1. The van der Waals surface area contributed by atoms with E-state index in [-0.39, 0.29) is 0 Å². The maximum Gasteiger partial charge on any atom is 0.239 e. The second kappa shape index (κ2) is 6.39. The highest BCUT2D eigenvalue weighted by Gasteiger charge is 2.21. The van der Waals surface area contributed by atoms with Gasteiger partial charge in [0, 0.05) is 11.4 Å². The Morgan fingerprint density at radius 1 is 1.32 bits per heavy atom. The van der Waals surface area contributed by atoms with Gasteiger partial charge in [0.25, 0.3) is 0 Å². The van der Waals surface area contributed by atoms with Crippen LogP contribution < -0.4 is 11.1 Å². The molecular weight excluding hydrogens is 303 g/mol. The molecule has 0 aliphatic carbocycles. The molecule has 0 bridgehead atoms. The average molecular weight is 315 g/mol. The number of carbonyl (C=O) groups is 1. The topological polar surface area (TPSA) is 55.1 Å². The number of hydrogen-bond donors (Lipinski definition) is 2. The highest BCUT2D eigenvalue weighted by atomic mass is 35.5. The fraction of sp³-hybridized carbons (Fsp3) is 0.154. The van der Waals surface area contributed by atoms with Gasteiger partial charge in [-0.2, -0.15) is 0 Å². The Morgan fingerprint density at radius 3 is 2.74 bits per heavy atom. The molecule has 1 heterocycles. The summed E-state index contributed by atoms with van der Waals surface area (Å²) in [5.41, 5.74) is 6.02. The van der Waals surface area contributed by atoms with E-state index in [0.29, 0.717) is 22.2 Å². The molecule has 0 spiro atoms. The maximum atomic E-state index is 11.6. The summed E-state index contributed by atoms with van der Waals surface area (Å²) in [4.78, 5) is 12.7. The number of rotatable bonds is 5. The summed E-state index contributed by atoms with van der Waals surface area (Å²) in [5, 5.41) is 5.83. The summed E-state index contributed by atoms with van der Waals surface area (Å²) in [5.74, 6) is -0.485. The lowest BCUT2D eigenvalue weighted by Crippen LogP contribution is -2.33. The van der Waals surface area contributed by atoms with Crippen LogP contribution in [0.25, 0.3) is 0 Å². The quantitative estimate of drug-likeness (QED) is 0.889. The predicted octanol–water partition coefficient (Wildman–Crippen LogP) is 3.37. The molecule has 3 nitrogen and oxygen atoms in total. The zero-order valence-corrected chi connectivity index (χ0v) is 12.2. The zero-order chi connectivity index (χ0) is 13.8. The molecule has 0 saturated carbocycles. The SMILES string of the molecule is NC(=O)C(NCc1cccs1)c1cccc(Cl)c1Cl. The van der Waals surface area contributed by atoms with Crippen LogP contribution in [0.4, 0.5) is 0 Å². The van der Waals surface area contributed by atoms with Gasteiger partial charge in [-0.05, 0) is 23.1 Å². The first-order valence-electron chi connectivity index (χ1n) is 5.58. The van der Waals surface area contributed by atoms with E-state index in [0.717, 1.165) is 4.88 Å².